The van der Waals surface area contributed by atoms with E-state index in [0.717, 1.165) is 0 Å². The van der Waals surface area contributed by atoms with E-state index in [1.165, 1.54) is 0 Å². The first-order chi connectivity index (χ1) is 10.5. The molecule has 0 saturated heterocycles. The quantitative estimate of drug-likeness (QED) is 0.593. The summed E-state index contributed by atoms with van der Waals surface area (Å²) in [4.78, 5) is 24.0. The van der Waals surface area contributed by atoms with E-state index < -0.39 is 52.4 Å². The molecule has 0 aliphatic rings. The lowest BCUT2D eigenvalue weighted by Crippen LogP contribution is -2.51. The molecule has 130 valence electrons. The summed E-state index contributed by atoms with van der Waals surface area (Å²) >= 11 is 0. The minimum atomic E-state index is -4.35. The van der Waals surface area contributed by atoms with Gasteiger partial charge in [0.05, 0.1) is 5.75 Å². The third-order valence-corrected chi connectivity index (χ3v) is 3.04. The van der Waals surface area contributed by atoms with Crippen molar-refractivity contribution in [3.63, 3.8) is 0 Å². The molecule has 0 heterocycles. The van der Waals surface area contributed by atoms with Crippen molar-refractivity contribution >= 4 is 22.1 Å². The Bertz CT molecular complexity index is 557. The molecule has 0 bridgehead atoms. The van der Waals surface area contributed by atoms with Crippen molar-refractivity contribution in [1.29, 1.82) is 0 Å². The largest absolute Gasteiger partial charge is 0.444 e. The van der Waals surface area contributed by atoms with Crippen LogP contribution in [0.25, 0.3) is 0 Å². The highest BCUT2D eigenvalue weighted by Crippen LogP contribution is 2.08. The van der Waals surface area contributed by atoms with E-state index in [4.69, 9.17) is 12.0 Å². The predicted octanol–water partition coefficient (Wildman–Crippen LogP) is 0.930. The fourth-order valence-corrected chi connectivity index (χ4v) is 1.74. The zero-order valence-corrected chi connectivity index (χ0v) is 14.3. The van der Waals surface area contributed by atoms with Crippen LogP contribution in [0, 0.1) is 5.92 Å². The van der Waals surface area contributed by atoms with Crippen LogP contribution in [0.5, 0.6) is 0 Å². The molecule has 1 atom stereocenters. The Morgan fingerprint density at radius 2 is 1.86 bits per heavy atom. The number of nitrogens with one attached hydrogen (secondary N) is 2. The van der Waals surface area contributed by atoms with E-state index in [9.17, 15) is 18.0 Å². The maximum atomic E-state index is 12.2. The summed E-state index contributed by atoms with van der Waals surface area (Å²) in [5.41, 5.74) is -0.758. The zero-order chi connectivity index (χ0) is 19.3. The molecule has 0 rings (SSSR count). The molecule has 22 heavy (non-hydrogen) atoms. The van der Waals surface area contributed by atoms with Crippen molar-refractivity contribution in [2.45, 2.75) is 52.7 Å². The summed E-state index contributed by atoms with van der Waals surface area (Å²) in [6, 6.07) is -1.07. The van der Waals surface area contributed by atoms with Gasteiger partial charge in [0.15, 0.2) is 0 Å². The van der Waals surface area contributed by atoms with Crippen molar-refractivity contribution in [1.82, 2.24) is 10.6 Å². The number of carbonyl (C=O) groups is 2. The number of ether oxygens (including phenoxy) is 1. The molecule has 2 amide bonds. The molecular formula is C13H26N2O6S. The number of alkyl carbamates (subject to hydrolysis) is 1. The van der Waals surface area contributed by atoms with Gasteiger partial charge in [-0.1, -0.05) is 13.8 Å². The molecule has 0 radical (unpaired) electrons. The van der Waals surface area contributed by atoms with Gasteiger partial charge in [-0.2, -0.15) is 8.42 Å². The first-order valence-corrected chi connectivity index (χ1v) is 8.40. The molecule has 0 aliphatic carbocycles. The fourth-order valence-electron chi connectivity index (χ4n) is 1.38. The number of carbonyl (C=O) groups excluding carboxylic acids is 2. The third-order valence-electron chi connectivity index (χ3n) is 2.32. The Balaban J connectivity index is 4.89. The lowest BCUT2D eigenvalue weighted by molar-refractivity contribution is -0.124. The lowest BCUT2D eigenvalue weighted by Gasteiger charge is -2.25. The maximum absolute atomic E-state index is 12.2. The van der Waals surface area contributed by atoms with Gasteiger partial charge in [0, 0.05) is 9.24 Å². The van der Waals surface area contributed by atoms with Crippen LogP contribution in [0.3, 0.4) is 0 Å². The predicted molar refractivity (Wildman–Crippen MR) is 82.0 cm³/mol. The highest BCUT2D eigenvalue weighted by Gasteiger charge is 2.26. The van der Waals surface area contributed by atoms with E-state index in [-0.39, 0.29) is 5.92 Å². The van der Waals surface area contributed by atoms with Gasteiger partial charge in [-0.3, -0.25) is 9.35 Å². The summed E-state index contributed by atoms with van der Waals surface area (Å²) in [6.45, 7) is 5.90. The Morgan fingerprint density at radius 3 is 2.27 bits per heavy atom. The van der Waals surface area contributed by atoms with Gasteiger partial charge in [0.1, 0.15) is 11.6 Å². The smallest absolute Gasteiger partial charge is 0.408 e. The van der Waals surface area contributed by atoms with Crippen LogP contribution in [0.2, 0.25) is 0 Å². The lowest BCUT2D eigenvalue weighted by atomic mass is 10.0. The number of hydrogen-bond donors (Lipinski definition) is 3. The second kappa shape index (κ2) is 8.33. The second-order valence-corrected chi connectivity index (χ2v) is 7.64. The van der Waals surface area contributed by atoms with E-state index in [2.05, 4.69) is 5.32 Å². The van der Waals surface area contributed by atoms with Gasteiger partial charge in [0.25, 0.3) is 10.1 Å². The van der Waals surface area contributed by atoms with Crippen LogP contribution in [0.15, 0.2) is 0 Å². The van der Waals surface area contributed by atoms with Gasteiger partial charge in [-0.05, 0) is 33.1 Å². The summed E-state index contributed by atoms with van der Waals surface area (Å²) in [5, 5.41) is 4.39. The normalized spacial score (nSPS) is 15.6. The molecule has 1 unspecified atom stereocenters. The third kappa shape index (κ3) is 10.4. The molecule has 0 aromatic heterocycles. The molecule has 0 aliphatic heterocycles. The van der Waals surface area contributed by atoms with Crippen molar-refractivity contribution in [3.8, 4) is 0 Å². The second-order valence-electron chi connectivity index (χ2n) is 6.07. The van der Waals surface area contributed by atoms with E-state index >= 15 is 0 Å². The van der Waals surface area contributed by atoms with Crippen molar-refractivity contribution < 1.29 is 30.0 Å². The van der Waals surface area contributed by atoms with Crippen molar-refractivity contribution in [2.75, 3.05) is 12.2 Å². The molecule has 9 heteroatoms. The van der Waals surface area contributed by atoms with Crippen molar-refractivity contribution in [3.05, 3.63) is 0 Å². The Kier molecular flexibility index (Phi) is 6.44. The molecule has 0 aromatic carbocycles. The summed E-state index contributed by atoms with van der Waals surface area (Å²) in [6.07, 6.45) is -1.45. The minimum absolute atomic E-state index is 0.366. The first-order valence-electron chi connectivity index (χ1n) is 7.79. The molecule has 8 nitrogen and oxygen atoms in total. The van der Waals surface area contributed by atoms with Crippen molar-refractivity contribution in [2.24, 2.45) is 5.92 Å². The number of rotatable bonds is 7. The van der Waals surface area contributed by atoms with Gasteiger partial charge >= 0.3 is 6.09 Å². The van der Waals surface area contributed by atoms with Gasteiger partial charge < -0.3 is 15.4 Å². The summed E-state index contributed by atoms with van der Waals surface area (Å²) < 4.78 is 50.3. The van der Waals surface area contributed by atoms with Crippen LogP contribution >= 0.6 is 0 Å². The summed E-state index contributed by atoms with van der Waals surface area (Å²) in [5.74, 6) is -2.03. The van der Waals surface area contributed by atoms with Crippen LogP contribution in [0.1, 0.15) is 43.8 Å². The topological polar surface area (TPSA) is 122 Å². The molecular weight excluding hydrogens is 312 g/mol. The van der Waals surface area contributed by atoms with Gasteiger partial charge in [-0.25, -0.2) is 4.79 Å². The SMILES string of the molecule is [2H]C([2H])(CCS(=O)(=O)O)NC(=O)C(NC(=O)OC(C)(C)C)C(C)C. The van der Waals surface area contributed by atoms with Gasteiger partial charge in [0.2, 0.25) is 5.91 Å². The van der Waals surface area contributed by atoms with Crippen LogP contribution in [0.4, 0.5) is 4.79 Å². The Labute approximate surface area is 134 Å². The number of amides is 2. The van der Waals surface area contributed by atoms with Crippen LogP contribution in [-0.2, 0) is 19.6 Å². The molecule has 3 N–H and O–H groups in total. The summed E-state index contributed by atoms with van der Waals surface area (Å²) in [7, 11) is -4.35. The van der Waals surface area contributed by atoms with E-state index in [0.29, 0.717) is 0 Å². The average molecular weight is 340 g/mol. The monoisotopic (exact) mass is 340 g/mol. The standard InChI is InChI=1S/C13H26N2O6S/c1-9(2)10(15-12(17)21-13(3,4)5)11(16)14-7-6-8-22(18,19)20/h9-10H,6-8H2,1-5H3,(H,14,16)(H,15,17)(H,18,19,20)/i7D2. The molecule has 0 aromatic rings. The Hall–Kier alpha value is -1.35. The first kappa shape index (κ1) is 17.0. The fraction of sp³-hybridized carbons (Fsp3) is 0.846. The maximum Gasteiger partial charge on any atom is 0.408 e. The number of hydrogen-bond acceptors (Lipinski definition) is 5. The van der Waals surface area contributed by atoms with Crippen LogP contribution in [-0.4, -0.2) is 48.9 Å². The van der Waals surface area contributed by atoms with E-state index in [1.807, 2.05) is 5.32 Å². The van der Waals surface area contributed by atoms with Crippen LogP contribution < -0.4 is 10.6 Å². The van der Waals surface area contributed by atoms with E-state index in [1.54, 1.807) is 34.6 Å². The highest BCUT2D eigenvalue weighted by molar-refractivity contribution is 7.85. The zero-order valence-electron chi connectivity index (χ0n) is 15.5. The van der Waals surface area contributed by atoms with Gasteiger partial charge in [-0.15, -0.1) is 0 Å². The molecule has 0 fully saturated rings. The highest BCUT2D eigenvalue weighted by atomic mass is 32.2. The molecule has 0 spiro atoms. The average Bonchev–Trinajstić information content (AvgIpc) is 2.29. The molecule has 0 saturated carbocycles. The minimum Gasteiger partial charge on any atom is -0.444 e. The Morgan fingerprint density at radius 1 is 1.32 bits per heavy atom.